The number of piperidine rings is 1. The number of amides is 1. The molecular formula is C16H20ClFN2O3S. The fourth-order valence-corrected chi connectivity index (χ4v) is 5.07. The quantitative estimate of drug-likeness (QED) is 0.816. The highest BCUT2D eigenvalue weighted by molar-refractivity contribution is 7.89. The Labute approximate surface area is 146 Å². The van der Waals surface area contributed by atoms with Gasteiger partial charge in [-0.15, -0.1) is 0 Å². The first-order valence-electron chi connectivity index (χ1n) is 8.13. The van der Waals surface area contributed by atoms with Gasteiger partial charge < -0.3 is 4.90 Å². The van der Waals surface area contributed by atoms with Gasteiger partial charge >= 0.3 is 0 Å². The van der Waals surface area contributed by atoms with Crippen molar-refractivity contribution in [2.24, 2.45) is 5.92 Å². The lowest BCUT2D eigenvalue weighted by Crippen LogP contribution is -2.43. The van der Waals surface area contributed by atoms with Crippen LogP contribution < -0.4 is 0 Å². The second-order valence-corrected chi connectivity index (χ2v) is 8.63. The number of hydrogen-bond donors (Lipinski definition) is 0. The van der Waals surface area contributed by atoms with Gasteiger partial charge in [0.05, 0.1) is 9.92 Å². The Bertz CT molecular complexity index is 727. The highest BCUT2D eigenvalue weighted by Gasteiger charge is 2.34. The van der Waals surface area contributed by atoms with Crippen LogP contribution in [0.4, 0.5) is 4.39 Å². The molecule has 2 aliphatic heterocycles. The van der Waals surface area contributed by atoms with E-state index in [1.807, 2.05) is 4.90 Å². The number of nitrogens with zero attached hydrogens (tertiary/aromatic N) is 2. The molecule has 0 atom stereocenters. The van der Waals surface area contributed by atoms with Crippen molar-refractivity contribution in [3.8, 4) is 0 Å². The van der Waals surface area contributed by atoms with E-state index in [9.17, 15) is 17.6 Å². The van der Waals surface area contributed by atoms with Crippen LogP contribution in [0.3, 0.4) is 0 Å². The van der Waals surface area contributed by atoms with Gasteiger partial charge in [-0.25, -0.2) is 12.8 Å². The first kappa shape index (κ1) is 17.6. The molecule has 0 aliphatic carbocycles. The van der Waals surface area contributed by atoms with Crippen molar-refractivity contribution in [2.45, 2.75) is 30.6 Å². The summed E-state index contributed by atoms with van der Waals surface area (Å²) < 4.78 is 39.9. The largest absolute Gasteiger partial charge is 0.342 e. The van der Waals surface area contributed by atoms with Crippen molar-refractivity contribution in [2.75, 3.05) is 26.2 Å². The molecule has 1 amide bonds. The normalized spacial score (nSPS) is 20.5. The molecule has 24 heavy (non-hydrogen) atoms. The lowest BCUT2D eigenvalue weighted by molar-refractivity contribution is -0.135. The maximum atomic E-state index is 13.2. The maximum Gasteiger partial charge on any atom is 0.243 e. The van der Waals surface area contributed by atoms with E-state index in [0.29, 0.717) is 25.9 Å². The van der Waals surface area contributed by atoms with Gasteiger partial charge in [-0.05, 0) is 43.9 Å². The molecule has 2 heterocycles. The topological polar surface area (TPSA) is 57.7 Å². The molecule has 2 saturated heterocycles. The molecule has 3 rings (SSSR count). The van der Waals surface area contributed by atoms with E-state index in [1.54, 1.807) is 0 Å². The number of likely N-dealkylation sites (tertiary alicyclic amines) is 1. The van der Waals surface area contributed by atoms with E-state index < -0.39 is 15.8 Å². The highest BCUT2D eigenvalue weighted by atomic mass is 35.5. The van der Waals surface area contributed by atoms with Crippen LogP contribution in [-0.4, -0.2) is 49.7 Å². The summed E-state index contributed by atoms with van der Waals surface area (Å²) in [6.45, 7) is 2.21. The Morgan fingerprint density at radius 2 is 1.75 bits per heavy atom. The van der Waals surface area contributed by atoms with Crippen LogP contribution in [0.25, 0.3) is 0 Å². The SMILES string of the molecule is O=C(C1CCN(S(=O)(=O)c2ccc(F)c(Cl)c2)CC1)N1CCCC1. The molecule has 0 bridgehead atoms. The Hall–Kier alpha value is -1.18. The summed E-state index contributed by atoms with van der Waals surface area (Å²) in [5, 5.41) is -0.213. The van der Waals surface area contributed by atoms with Crippen LogP contribution in [0.2, 0.25) is 5.02 Å². The molecule has 8 heteroatoms. The average Bonchev–Trinajstić information content (AvgIpc) is 3.11. The summed E-state index contributed by atoms with van der Waals surface area (Å²) in [7, 11) is -3.71. The Morgan fingerprint density at radius 1 is 1.12 bits per heavy atom. The maximum absolute atomic E-state index is 13.2. The lowest BCUT2D eigenvalue weighted by Gasteiger charge is -2.32. The third-order valence-corrected chi connectivity index (χ3v) is 6.93. The van der Waals surface area contributed by atoms with Gasteiger partial charge in [-0.2, -0.15) is 4.31 Å². The second kappa shape index (κ2) is 6.98. The molecule has 0 aromatic heterocycles. The predicted octanol–water partition coefficient (Wildman–Crippen LogP) is 2.50. The monoisotopic (exact) mass is 374 g/mol. The van der Waals surface area contributed by atoms with E-state index in [2.05, 4.69) is 0 Å². The standard InChI is InChI=1S/C16H20ClFN2O3S/c17-14-11-13(3-4-15(14)18)24(22,23)20-9-5-12(6-10-20)16(21)19-7-1-2-8-19/h3-4,11-12H,1-2,5-10H2. The molecule has 0 unspecified atom stereocenters. The van der Waals surface area contributed by atoms with Gasteiger partial charge in [0, 0.05) is 32.1 Å². The molecule has 5 nitrogen and oxygen atoms in total. The van der Waals surface area contributed by atoms with Gasteiger partial charge in [0.15, 0.2) is 0 Å². The summed E-state index contributed by atoms with van der Waals surface area (Å²) >= 11 is 5.69. The van der Waals surface area contributed by atoms with Crippen LogP contribution in [0.15, 0.2) is 23.1 Å². The van der Waals surface area contributed by atoms with E-state index in [4.69, 9.17) is 11.6 Å². The molecule has 0 N–H and O–H groups in total. The number of sulfonamides is 1. The van der Waals surface area contributed by atoms with Gasteiger partial charge in [0.25, 0.3) is 0 Å². The van der Waals surface area contributed by atoms with E-state index in [0.717, 1.165) is 38.1 Å². The van der Waals surface area contributed by atoms with Gasteiger partial charge in [0.2, 0.25) is 15.9 Å². The van der Waals surface area contributed by atoms with Crippen molar-refractivity contribution >= 4 is 27.5 Å². The van der Waals surface area contributed by atoms with Crippen molar-refractivity contribution in [1.82, 2.24) is 9.21 Å². The minimum Gasteiger partial charge on any atom is -0.342 e. The van der Waals surface area contributed by atoms with Gasteiger partial charge in [-0.3, -0.25) is 4.79 Å². The Morgan fingerprint density at radius 3 is 2.33 bits per heavy atom. The molecule has 1 aromatic carbocycles. The molecule has 2 fully saturated rings. The highest BCUT2D eigenvalue weighted by Crippen LogP contribution is 2.28. The van der Waals surface area contributed by atoms with E-state index in [1.165, 1.54) is 10.4 Å². The number of hydrogen-bond acceptors (Lipinski definition) is 3. The molecule has 0 spiro atoms. The lowest BCUT2D eigenvalue weighted by atomic mass is 9.97. The number of benzene rings is 1. The fraction of sp³-hybridized carbons (Fsp3) is 0.562. The zero-order valence-corrected chi connectivity index (χ0v) is 14.8. The molecule has 132 valence electrons. The number of carbonyl (C=O) groups excluding carboxylic acids is 1. The Kier molecular flexibility index (Phi) is 5.13. The summed E-state index contributed by atoms with van der Waals surface area (Å²) in [5.41, 5.74) is 0. The second-order valence-electron chi connectivity index (χ2n) is 6.29. The minimum atomic E-state index is -3.71. The van der Waals surface area contributed by atoms with Crippen molar-refractivity contribution < 1.29 is 17.6 Å². The van der Waals surface area contributed by atoms with Crippen LogP contribution in [-0.2, 0) is 14.8 Å². The van der Waals surface area contributed by atoms with Crippen LogP contribution in [0.1, 0.15) is 25.7 Å². The molecule has 0 radical (unpaired) electrons. The van der Waals surface area contributed by atoms with Crippen molar-refractivity contribution in [1.29, 1.82) is 0 Å². The first-order valence-corrected chi connectivity index (χ1v) is 9.95. The summed E-state index contributed by atoms with van der Waals surface area (Å²) in [6, 6.07) is 3.41. The smallest absolute Gasteiger partial charge is 0.243 e. The molecule has 2 aliphatic rings. The van der Waals surface area contributed by atoms with Crippen LogP contribution in [0, 0.1) is 11.7 Å². The fourth-order valence-electron chi connectivity index (χ4n) is 3.33. The number of rotatable bonds is 3. The summed E-state index contributed by atoms with van der Waals surface area (Å²) in [6.07, 6.45) is 3.13. The third-order valence-electron chi connectivity index (χ3n) is 4.75. The zero-order chi connectivity index (χ0) is 17.3. The molecule has 1 aromatic rings. The minimum absolute atomic E-state index is 0.0155. The van der Waals surface area contributed by atoms with Crippen LogP contribution in [0.5, 0.6) is 0 Å². The zero-order valence-electron chi connectivity index (χ0n) is 13.2. The van der Waals surface area contributed by atoms with Crippen molar-refractivity contribution in [3.63, 3.8) is 0 Å². The van der Waals surface area contributed by atoms with E-state index >= 15 is 0 Å². The van der Waals surface area contributed by atoms with Gasteiger partial charge in [0.1, 0.15) is 5.82 Å². The molecular weight excluding hydrogens is 355 g/mol. The van der Waals surface area contributed by atoms with Crippen LogP contribution >= 0.6 is 11.6 Å². The third kappa shape index (κ3) is 3.43. The van der Waals surface area contributed by atoms with Gasteiger partial charge in [-0.1, -0.05) is 11.6 Å². The molecule has 0 saturated carbocycles. The Balaban J connectivity index is 1.67. The summed E-state index contributed by atoms with van der Waals surface area (Å²) in [5.74, 6) is -0.605. The number of carbonyl (C=O) groups is 1. The van der Waals surface area contributed by atoms with E-state index in [-0.39, 0.29) is 21.7 Å². The average molecular weight is 375 g/mol. The number of halogens is 2. The van der Waals surface area contributed by atoms with Crippen molar-refractivity contribution in [3.05, 3.63) is 29.0 Å². The summed E-state index contributed by atoms with van der Waals surface area (Å²) in [4.78, 5) is 14.3. The first-order chi connectivity index (χ1) is 11.4. The predicted molar refractivity (Wildman–Crippen MR) is 88.7 cm³/mol.